The predicted molar refractivity (Wildman–Crippen MR) is 162 cm³/mol. The molecule has 0 radical (unpaired) electrons. The summed E-state index contributed by atoms with van der Waals surface area (Å²) in [6.45, 7) is 10.9. The zero-order chi connectivity index (χ0) is 30.4. The first-order valence-corrected chi connectivity index (χ1v) is 17.5. The Morgan fingerprint density at radius 2 is 2.00 bits per heavy atom. The summed E-state index contributed by atoms with van der Waals surface area (Å²) in [5, 5.41) is 22.8. The van der Waals surface area contributed by atoms with E-state index >= 15 is 0 Å². The zero-order valence-corrected chi connectivity index (χ0v) is 25.6. The monoisotopic (exact) mass is 593 g/mol. The largest absolute Gasteiger partial charge is 0.497 e. The highest BCUT2D eigenvalue weighted by Crippen LogP contribution is 2.60. The van der Waals surface area contributed by atoms with Crippen molar-refractivity contribution < 1.29 is 29.1 Å². The standard InChI is InChI=1S/C31H39N3O7Si/c1-6-15-33-26-14-9-21(34(38)39)17-25(26)31(30(33)37)20(2)29(42(4,5)24-12-10-23(40-3)11-13-24)27(41-31)18-28(36)32-16-7-8-22(32)19-35/h6,9-14,17,20,22,27,29,35H,1,7-8,15-16,18-19H2,2-5H3/t20-,22+,27+,29-,31+/m1/s1. The van der Waals surface area contributed by atoms with Gasteiger partial charge in [-0.1, -0.05) is 43.4 Å². The molecule has 11 heteroatoms. The molecule has 0 aromatic heterocycles. The number of benzene rings is 2. The molecule has 3 aliphatic heterocycles. The van der Waals surface area contributed by atoms with Crippen LogP contribution in [0.25, 0.3) is 0 Å². The fourth-order valence-corrected chi connectivity index (χ4v) is 11.6. The molecule has 3 heterocycles. The van der Waals surface area contributed by atoms with Crippen molar-refractivity contribution in [3.05, 3.63) is 70.8 Å². The number of hydrogen-bond donors (Lipinski definition) is 1. The third kappa shape index (κ3) is 4.63. The van der Waals surface area contributed by atoms with Gasteiger partial charge in [-0.25, -0.2) is 0 Å². The van der Waals surface area contributed by atoms with Crippen LogP contribution in [0.1, 0.15) is 31.7 Å². The molecule has 3 aliphatic rings. The van der Waals surface area contributed by atoms with E-state index in [0.29, 0.717) is 17.8 Å². The van der Waals surface area contributed by atoms with Crippen LogP contribution in [0.3, 0.4) is 0 Å². The van der Waals surface area contributed by atoms with Crippen molar-refractivity contribution in [1.29, 1.82) is 0 Å². The Morgan fingerprint density at radius 1 is 1.29 bits per heavy atom. The van der Waals surface area contributed by atoms with E-state index in [1.54, 1.807) is 29.1 Å². The number of carbonyl (C=O) groups excluding carboxylic acids is 2. The van der Waals surface area contributed by atoms with Gasteiger partial charge in [0.2, 0.25) is 5.91 Å². The van der Waals surface area contributed by atoms with Gasteiger partial charge in [0.25, 0.3) is 11.6 Å². The summed E-state index contributed by atoms with van der Waals surface area (Å²) in [4.78, 5) is 42.8. The van der Waals surface area contributed by atoms with E-state index in [2.05, 4.69) is 19.7 Å². The van der Waals surface area contributed by atoms with Crippen LogP contribution < -0.4 is 14.8 Å². The molecule has 0 bridgehead atoms. The van der Waals surface area contributed by atoms with E-state index in [-0.39, 0.29) is 48.7 Å². The lowest BCUT2D eigenvalue weighted by Crippen LogP contribution is -2.52. The molecule has 2 fully saturated rings. The molecule has 5 atom stereocenters. The Hall–Kier alpha value is -3.54. The molecule has 1 spiro atoms. The van der Waals surface area contributed by atoms with Crippen molar-refractivity contribution >= 4 is 36.4 Å². The zero-order valence-electron chi connectivity index (χ0n) is 24.6. The number of rotatable bonds is 9. The Labute approximate surface area is 247 Å². The lowest BCUT2D eigenvalue weighted by atomic mass is 9.82. The Balaban J connectivity index is 1.63. The minimum atomic E-state index is -2.49. The fourth-order valence-electron chi connectivity index (χ4n) is 7.57. The number of nitrogens with zero attached hydrogens (tertiary/aromatic N) is 3. The van der Waals surface area contributed by atoms with Crippen molar-refractivity contribution in [2.45, 2.75) is 62.6 Å². The molecule has 2 amide bonds. The highest BCUT2D eigenvalue weighted by molar-refractivity contribution is 6.91. The van der Waals surface area contributed by atoms with Gasteiger partial charge in [0.05, 0.1) is 51.0 Å². The van der Waals surface area contributed by atoms with Gasteiger partial charge in [-0.2, -0.15) is 0 Å². The van der Waals surface area contributed by atoms with E-state index in [0.717, 1.165) is 23.8 Å². The second kappa shape index (κ2) is 11.3. The number of non-ortho nitro benzene ring substituents is 1. The van der Waals surface area contributed by atoms with Crippen LogP contribution in [-0.2, 0) is 19.9 Å². The smallest absolute Gasteiger partial charge is 0.269 e. The minimum absolute atomic E-state index is 0.0544. The van der Waals surface area contributed by atoms with Gasteiger partial charge in [-0.15, -0.1) is 6.58 Å². The third-order valence-corrected chi connectivity index (χ3v) is 14.0. The maximum absolute atomic E-state index is 14.4. The van der Waals surface area contributed by atoms with Gasteiger partial charge >= 0.3 is 0 Å². The number of anilines is 1. The van der Waals surface area contributed by atoms with E-state index < -0.39 is 30.6 Å². The number of carbonyl (C=O) groups is 2. The van der Waals surface area contributed by atoms with Crippen molar-refractivity contribution in [2.75, 3.05) is 31.7 Å². The lowest BCUT2D eigenvalue weighted by molar-refractivity contribution is -0.385. The quantitative estimate of drug-likeness (QED) is 0.204. The number of likely N-dealkylation sites (tertiary alicyclic amines) is 1. The number of methoxy groups -OCH3 is 1. The highest BCUT2D eigenvalue weighted by Gasteiger charge is 2.66. The number of amides is 2. The molecule has 2 saturated heterocycles. The fraction of sp³-hybridized carbons (Fsp3) is 0.484. The molecule has 10 nitrogen and oxygen atoms in total. The van der Waals surface area contributed by atoms with Gasteiger partial charge in [0.15, 0.2) is 5.60 Å². The molecule has 2 aromatic carbocycles. The topological polar surface area (TPSA) is 122 Å². The molecular formula is C31H39N3O7Si. The number of ether oxygens (including phenoxy) is 2. The second-order valence-electron chi connectivity index (χ2n) is 12.1. The number of nitro groups is 1. The first kappa shape index (κ1) is 29.9. The summed E-state index contributed by atoms with van der Waals surface area (Å²) in [6, 6.07) is 12.2. The Morgan fingerprint density at radius 3 is 2.62 bits per heavy atom. The van der Waals surface area contributed by atoms with Crippen molar-refractivity contribution in [1.82, 2.24) is 4.90 Å². The summed E-state index contributed by atoms with van der Waals surface area (Å²) in [6.07, 6.45) is 2.63. The van der Waals surface area contributed by atoms with Gasteiger partial charge in [0, 0.05) is 36.7 Å². The van der Waals surface area contributed by atoms with Crippen molar-refractivity contribution in [3.8, 4) is 5.75 Å². The number of fused-ring (bicyclic) bond motifs is 2. The average molecular weight is 594 g/mol. The molecule has 2 aromatic rings. The first-order chi connectivity index (χ1) is 20.0. The number of hydrogen-bond acceptors (Lipinski definition) is 7. The molecule has 42 heavy (non-hydrogen) atoms. The third-order valence-electron chi connectivity index (χ3n) is 9.63. The normalized spacial score (nSPS) is 27.0. The van der Waals surface area contributed by atoms with Crippen molar-refractivity contribution in [2.24, 2.45) is 5.92 Å². The Kier molecular flexibility index (Phi) is 8.03. The van der Waals surface area contributed by atoms with E-state index in [4.69, 9.17) is 9.47 Å². The average Bonchev–Trinajstić information content (AvgIpc) is 3.64. The number of aliphatic hydroxyl groups is 1. The Bertz CT molecular complexity index is 1400. The molecule has 5 rings (SSSR count). The van der Waals surface area contributed by atoms with Gasteiger partial charge in [0.1, 0.15) is 5.75 Å². The molecule has 0 saturated carbocycles. The molecule has 0 aliphatic carbocycles. The maximum atomic E-state index is 14.4. The SMILES string of the molecule is C=CCN1C(=O)[C@@]2(O[C@@H](CC(=O)N3CCC[C@H]3CO)[C@H]([Si](C)(C)c3ccc(OC)cc3)[C@H]2C)c2cc([N+](=O)[O-])ccc21. The minimum Gasteiger partial charge on any atom is -0.497 e. The number of aliphatic hydroxyl groups excluding tert-OH is 1. The van der Waals surface area contributed by atoms with Gasteiger partial charge in [-0.3, -0.25) is 19.7 Å². The van der Waals surface area contributed by atoms with Crippen LogP contribution in [0, 0.1) is 16.0 Å². The maximum Gasteiger partial charge on any atom is 0.269 e. The van der Waals surface area contributed by atoms with E-state index in [9.17, 15) is 24.8 Å². The molecule has 1 N–H and O–H groups in total. The summed E-state index contributed by atoms with van der Waals surface area (Å²) in [5.41, 5.74) is -0.776. The van der Waals surface area contributed by atoms with Gasteiger partial charge in [-0.05, 0) is 36.6 Å². The van der Waals surface area contributed by atoms with Crippen LogP contribution in [0.4, 0.5) is 11.4 Å². The van der Waals surface area contributed by atoms with Crippen LogP contribution in [-0.4, -0.2) is 73.8 Å². The lowest BCUT2D eigenvalue weighted by Gasteiger charge is -2.37. The van der Waals surface area contributed by atoms with Crippen LogP contribution in [0.5, 0.6) is 5.75 Å². The van der Waals surface area contributed by atoms with E-state index in [1.165, 1.54) is 12.1 Å². The van der Waals surface area contributed by atoms with E-state index in [1.807, 2.05) is 31.2 Å². The van der Waals surface area contributed by atoms with Crippen LogP contribution in [0.2, 0.25) is 18.6 Å². The summed E-state index contributed by atoms with van der Waals surface area (Å²) in [7, 11) is -0.869. The summed E-state index contributed by atoms with van der Waals surface area (Å²) < 4.78 is 12.3. The highest BCUT2D eigenvalue weighted by atomic mass is 28.3. The molecule has 224 valence electrons. The number of nitro benzene ring substituents is 1. The second-order valence-corrected chi connectivity index (χ2v) is 16.8. The summed E-state index contributed by atoms with van der Waals surface area (Å²) in [5.74, 6) is -0.0644. The molecular weight excluding hydrogens is 554 g/mol. The predicted octanol–water partition coefficient (Wildman–Crippen LogP) is 3.73. The van der Waals surface area contributed by atoms with Crippen LogP contribution >= 0.6 is 0 Å². The first-order valence-electron chi connectivity index (χ1n) is 14.5. The van der Waals surface area contributed by atoms with Crippen LogP contribution in [0.15, 0.2) is 55.1 Å². The summed E-state index contributed by atoms with van der Waals surface area (Å²) >= 11 is 0. The van der Waals surface area contributed by atoms with Crippen molar-refractivity contribution in [3.63, 3.8) is 0 Å². The van der Waals surface area contributed by atoms with Gasteiger partial charge < -0.3 is 24.4 Å². The molecule has 0 unspecified atom stereocenters.